The van der Waals surface area contributed by atoms with E-state index in [1.54, 1.807) is 17.8 Å². The first-order chi connectivity index (χ1) is 12.2. The maximum Gasteiger partial charge on any atom is 0.257 e. The zero-order valence-electron chi connectivity index (χ0n) is 13.9. The van der Waals surface area contributed by atoms with E-state index in [1.807, 2.05) is 21.9 Å². The summed E-state index contributed by atoms with van der Waals surface area (Å²) in [7, 11) is 0. The number of hydrogen-bond acceptors (Lipinski definition) is 4. The van der Waals surface area contributed by atoms with Crippen molar-refractivity contribution < 1.29 is 14.0 Å². The topological polar surface area (TPSA) is 53.8 Å². The largest absolute Gasteiger partial charge is 0.472 e. The van der Waals surface area contributed by atoms with Crippen LogP contribution in [0.4, 0.5) is 0 Å². The molecule has 6 heteroatoms. The van der Waals surface area contributed by atoms with E-state index in [0.29, 0.717) is 31.7 Å². The molecule has 2 aromatic rings. The minimum absolute atomic E-state index is 0.0225. The van der Waals surface area contributed by atoms with Crippen molar-refractivity contribution in [3.8, 4) is 0 Å². The molecular formula is C19H20N2O3S. The third kappa shape index (κ3) is 3.31. The normalized spacial score (nSPS) is 20.2. The van der Waals surface area contributed by atoms with Crippen LogP contribution in [0, 0.1) is 0 Å². The lowest BCUT2D eigenvalue weighted by atomic mass is 10.1. The highest BCUT2D eigenvalue weighted by molar-refractivity contribution is 8.01. The summed E-state index contributed by atoms with van der Waals surface area (Å²) in [5.41, 5.74) is 1.83. The summed E-state index contributed by atoms with van der Waals surface area (Å²) < 4.78 is 5.00. The summed E-state index contributed by atoms with van der Waals surface area (Å²) in [6, 6.07) is 9.91. The summed E-state index contributed by atoms with van der Waals surface area (Å²) in [5, 5.41) is -0.0338. The smallest absolute Gasteiger partial charge is 0.257 e. The third-order valence-electron chi connectivity index (χ3n) is 4.79. The SMILES string of the molecule is O=C(c1ccoc1)N1CCCN(C(=O)[C@H]2Cc3ccccc3S2)CC1. The van der Waals surface area contributed by atoms with Gasteiger partial charge in [-0.3, -0.25) is 9.59 Å². The first-order valence-electron chi connectivity index (χ1n) is 8.57. The minimum atomic E-state index is -0.0338. The lowest BCUT2D eigenvalue weighted by Crippen LogP contribution is -2.41. The molecule has 1 fully saturated rings. The number of hydrogen-bond donors (Lipinski definition) is 0. The van der Waals surface area contributed by atoms with Crippen LogP contribution < -0.4 is 0 Å². The van der Waals surface area contributed by atoms with E-state index in [1.165, 1.54) is 23.0 Å². The molecule has 0 saturated carbocycles. The van der Waals surface area contributed by atoms with Gasteiger partial charge in [0.1, 0.15) is 6.26 Å². The molecule has 2 aliphatic heterocycles. The predicted molar refractivity (Wildman–Crippen MR) is 95.6 cm³/mol. The molecule has 1 aromatic carbocycles. The van der Waals surface area contributed by atoms with E-state index in [-0.39, 0.29) is 17.1 Å². The highest BCUT2D eigenvalue weighted by Crippen LogP contribution is 2.37. The van der Waals surface area contributed by atoms with Gasteiger partial charge in [-0.2, -0.15) is 0 Å². The Morgan fingerprint density at radius 2 is 1.84 bits per heavy atom. The molecule has 1 atom stereocenters. The molecule has 1 saturated heterocycles. The van der Waals surface area contributed by atoms with Crippen LogP contribution in [0.3, 0.4) is 0 Å². The van der Waals surface area contributed by atoms with E-state index in [0.717, 1.165) is 12.8 Å². The second-order valence-corrected chi connectivity index (χ2v) is 7.65. The first-order valence-corrected chi connectivity index (χ1v) is 9.45. The molecular weight excluding hydrogens is 336 g/mol. The maximum atomic E-state index is 12.9. The van der Waals surface area contributed by atoms with Crippen LogP contribution in [0.25, 0.3) is 0 Å². The monoisotopic (exact) mass is 356 g/mol. The number of carbonyl (C=O) groups excluding carboxylic acids is 2. The van der Waals surface area contributed by atoms with E-state index < -0.39 is 0 Å². The van der Waals surface area contributed by atoms with Gasteiger partial charge < -0.3 is 14.2 Å². The molecule has 25 heavy (non-hydrogen) atoms. The number of thioether (sulfide) groups is 1. The average Bonchev–Trinajstić information content (AvgIpc) is 3.25. The van der Waals surface area contributed by atoms with Crippen molar-refractivity contribution in [2.75, 3.05) is 26.2 Å². The zero-order chi connectivity index (χ0) is 17.2. The number of carbonyl (C=O) groups is 2. The molecule has 2 amide bonds. The van der Waals surface area contributed by atoms with Crippen LogP contribution in [0.1, 0.15) is 22.3 Å². The van der Waals surface area contributed by atoms with Gasteiger partial charge in [-0.1, -0.05) is 18.2 Å². The third-order valence-corrected chi connectivity index (χ3v) is 6.09. The van der Waals surface area contributed by atoms with Gasteiger partial charge in [0.15, 0.2) is 0 Å². The average molecular weight is 356 g/mol. The number of furan rings is 1. The Morgan fingerprint density at radius 3 is 2.64 bits per heavy atom. The van der Waals surface area contributed by atoms with E-state index in [4.69, 9.17) is 4.42 Å². The van der Waals surface area contributed by atoms with Crippen LogP contribution in [-0.4, -0.2) is 53.0 Å². The Labute approximate surface area is 151 Å². The Hall–Kier alpha value is -2.21. The molecule has 0 bridgehead atoms. The van der Waals surface area contributed by atoms with Crippen LogP contribution in [-0.2, 0) is 11.2 Å². The van der Waals surface area contributed by atoms with Crippen molar-refractivity contribution >= 4 is 23.6 Å². The van der Waals surface area contributed by atoms with Crippen LogP contribution in [0.5, 0.6) is 0 Å². The van der Waals surface area contributed by atoms with Crippen molar-refractivity contribution in [1.82, 2.24) is 9.80 Å². The quantitative estimate of drug-likeness (QED) is 0.830. The van der Waals surface area contributed by atoms with Gasteiger partial charge in [0.25, 0.3) is 5.91 Å². The second kappa shape index (κ2) is 6.96. The van der Waals surface area contributed by atoms with Crippen LogP contribution in [0.15, 0.2) is 52.2 Å². The molecule has 5 nitrogen and oxygen atoms in total. The number of nitrogens with zero attached hydrogens (tertiary/aromatic N) is 2. The van der Waals surface area contributed by atoms with Gasteiger partial charge in [0.2, 0.25) is 5.91 Å². The lowest BCUT2D eigenvalue weighted by molar-refractivity contribution is -0.130. The van der Waals surface area contributed by atoms with E-state index >= 15 is 0 Å². The van der Waals surface area contributed by atoms with Crippen molar-refractivity contribution in [2.24, 2.45) is 0 Å². The van der Waals surface area contributed by atoms with Gasteiger partial charge in [-0.15, -0.1) is 11.8 Å². The van der Waals surface area contributed by atoms with Crippen LogP contribution >= 0.6 is 11.8 Å². The summed E-state index contributed by atoms with van der Waals surface area (Å²) in [4.78, 5) is 30.3. The van der Waals surface area contributed by atoms with Gasteiger partial charge in [0.05, 0.1) is 17.1 Å². The fourth-order valence-electron chi connectivity index (χ4n) is 3.43. The fourth-order valence-corrected chi connectivity index (χ4v) is 4.71. The lowest BCUT2D eigenvalue weighted by Gasteiger charge is -2.24. The van der Waals surface area contributed by atoms with E-state index in [9.17, 15) is 9.59 Å². The van der Waals surface area contributed by atoms with Gasteiger partial charge in [0, 0.05) is 31.1 Å². The van der Waals surface area contributed by atoms with Gasteiger partial charge in [-0.05, 0) is 30.5 Å². The van der Waals surface area contributed by atoms with Crippen molar-refractivity contribution in [3.63, 3.8) is 0 Å². The first kappa shape index (κ1) is 16.3. The molecule has 3 heterocycles. The molecule has 0 spiro atoms. The predicted octanol–water partition coefficient (Wildman–Crippen LogP) is 2.67. The van der Waals surface area contributed by atoms with Crippen LogP contribution in [0.2, 0.25) is 0 Å². The van der Waals surface area contributed by atoms with Gasteiger partial charge >= 0.3 is 0 Å². The summed E-state index contributed by atoms with van der Waals surface area (Å²) >= 11 is 1.67. The number of benzene rings is 1. The summed E-state index contributed by atoms with van der Waals surface area (Å²) in [5.74, 6) is 0.171. The number of amides is 2. The molecule has 0 unspecified atom stereocenters. The Morgan fingerprint density at radius 1 is 1.04 bits per heavy atom. The molecule has 0 aliphatic carbocycles. The van der Waals surface area contributed by atoms with Crippen molar-refractivity contribution in [2.45, 2.75) is 23.0 Å². The number of rotatable bonds is 2. The Bertz CT molecular complexity index is 750. The highest BCUT2D eigenvalue weighted by Gasteiger charge is 2.32. The van der Waals surface area contributed by atoms with Crippen molar-refractivity contribution in [3.05, 3.63) is 54.0 Å². The zero-order valence-corrected chi connectivity index (χ0v) is 14.7. The van der Waals surface area contributed by atoms with Gasteiger partial charge in [-0.25, -0.2) is 0 Å². The summed E-state index contributed by atoms with van der Waals surface area (Å²) in [6.07, 6.45) is 4.59. The summed E-state index contributed by atoms with van der Waals surface area (Å²) in [6.45, 7) is 2.54. The molecule has 0 radical (unpaired) electrons. The fraction of sp³-hybridized carbons (Fsp3) is 0.368. The van der Waals surface area contributed by atoms with E-state index in [2.05, 4.69) is 12.1 Å². The molecule has 1 aromatic heterocycles. The second-order valence-electron chi connectivity index (χ2n) is 6.40. The Balaban J connectivity index is 1.38. The molecule has 4 rings (SSSR count). The standard InChI is InChI=1S/C19H20N2O3S/c22-18(15-6-11-24-13-15)20-7-3-8-21(10-9-20)19(23)17-12-14-4-1-2-5-16(14)25-17/h1-2,4-6,11,13,17H,3,7-10,12H2/t17-/m1/s1. The molecule has 0 N–H and O–H groups in total. The minimum Gasteiger partial charge on any atom is -0.472 e. The molecule has 2 aliphatic rings. The highest BCUT2D eigenvalue weighted by atomic mass is 32.2. The Kier molecular flexibility index (Phi) is 4.53. The molecule has 130 valence electrons. The maximum absolute atomic E-state index is 12.9. The number of fused-ring (bicyclic) bond motifs is 1. The van der Waals surface area contributed by atoms with Crippen molar-refractivity contribution in [1.29, 1.82) is 0 Å².